The average molecular weight is 398 g/mol. The minimum atomic E-state index is -0.820. The van der Waals surface area contributed by atoms with E-state index in [4.69, 9.17) is 26.0 Å². The summed E-state index contributed by atoms with van der Waals surface area (Å²) < 4.78 is 10.6. The standard InChI is InChI=1S/C19H12ClN3O5/c20-12-5-6-16-13(7-12)14(24)8-17(28-16)19(26)23-22-18(25)10-27-15-4-2-1-3-11(15)9-21/h1-8H,10H2,(H,22,25)(H,23,26). The minimum Gasteiger partial charge on any atom is -0.482 e. The van der Waals surface area contributed by atoms with E-state index in [0.717, 1.165) is 6.07 Å². The van der Waals surface area contributed by atoms with Gasteiger partial charge in [0.1, 0.15) is 17.4 Å². The number of ether oxygens (including phenoxy) is 1. The molecule has 0 unspecified atom stereocenters. The number of nitrogens with one attached hydrogen (secondary N) is 2. The Morgan fingerprint density at radius 3 is 2.71 bits per heavy atom. The topological polar surface area (TPSA) is 121 Å². The fourth-order valence-corrected chi connectivity index (χ4v) is 2.46. The maximum absolute atomic E-state index is 12.1. The van der Waals surface area contributed by atoms with Crippen molar-refractivity contribution in [2.45, 2.75) is 0 Å². The van der Waals surface area contributed by atoms with Crippen LogP contribution in [0.25, 0.3) is 11.0 Å². The fourth-order valence-electron chi connectivity index (χ4n) is 2.29. The first kappa shape index (κ1) is 18.9. The van der Waals surface area contributed by atoms with Gasteiger partial charge in [0.25, 0.3) is 5.91 Å². The molecule has 2 amide bonds. The van der Waals surface area contributed by atoms with Gasteiger partial charge in [-0.15, -0.1) is 0 Å². The molecule has 0 spiro atoms. The molecule has 0 saturated heterocycles. The zero-order chi connectivity index (χ0) is 20.1. The largest absolute Gasteiger partial charge is 0.482 e. The summed E-state index contributed by atoms with van der Waals surface area (Å²) in [6, 6.07) is 13.8. The maximum atomic E-state index is 12.1. The second kappa shape index (κ2) is 8.24. The molecule has 0 radical (unpaired) electrons. The summed E-state index contributed by atoms with van der Waals surface area (Å²) in [5.41, 5.74) is 4.27. The number of nitriles is 1. The molecule has 140 valence electrons. The minimum absolute atomic E-state index is 0.185. The summed E-state index contributed by atoms with van der Waals surface area (Å²) >= 11 is 5.83. The number of rotatable bonds is 4. The highest BCUT2D eigenvalue weighted by atomic mass is 35.5. The van der Waals surface area contributed by atoms with E-state index < -0.39 is 23.9 Å². The molecule has 2 aromatic carbocycles. The molecule has 0 fully saturated rings. The normalized spacial score (nSPS) is 10.1. The predicted octanol–water partition coefficient (Wildman–Crippen LogP) is 2.16. The second-order valence-corrected chi connectivity index (χ2v) is 5.95. The summed E-state index contributed by atoms with van der Waals surface area (Å²) in [5.74, 6) is -1.53. The summed E-state index contributed by atoms with van der Waals surface area (Å²) in [6.07, 6.45) is 0. The Kier molecular flexibility index (Phi) is 5.58. The van der Waals surface area contributed by atoms with Crippen molar-refractivity contribution >= 4 is 34.4 Å². The third-order valence-corrected chi connectivity index (χ3v) is 3.83. The monoisotopic (exact) mass is 397 g/mol. The van der Waals surface area contributed by atoms with Crippen LogP contribution in [0, 0.1) is 11.3 Å². The average Bonchev–Trinajstić information content (AvgIpc) is 2.71. The molecule has 9 heteroatoms. The second-order valence-electron chi connectivity index (χ2n) is 5.51. The van der Waals surface area contributed by atoms with Gasteiger partial charge in [-0.1, -0.05) is 23.7 Å². The Balaban J connectivity index is 1.61. The maximum Gasteiger partial charge on any atom is 0.305 e. The number of hydrogen-bond acceptors (Lipinski definition) is 6. The smallest absolute Gasteiger partial charge is 0.305 e. The van der Waals surface area contributed by atoms with Crippen molar-refractivity contribution in [2.75, 3.05) is 6.61 Å². The number of halogens is 1. The van der Waals surface area contributed by atoms with Crippen molar-refractivity contribution in [1.29, 1.82) is 5.26 Å². The molecule has 1 aromatic heterocycles. The molecule has 1 heterocycles. The lowest BCUT2D eigenvalue weighted by atomic mass is 10.2. The third kappa shape index (κ3) is 4.28. The van der Waals surface area contributed by atoms with Crippen LogP contribution in [0.3, 0.4) is 0 Å². The van der Waals surface area contributed by atoms with Gasteiger partial charge in [-0.25, -0.2) is 0 Å². The highest BCUT2D eigenvalue weighted by Crippen LogP contribution is 2.18. The molecule has 3 rings (SSSR count). The lowest BCUT2D eigenvalue weighted by Crippen LogP contribution is -2.44. The van der Waals surface area contributed by atoms with Crippen LogP contribution in [0.4, 0.5) is 0 Å². The van der Waals surface area contributed by atoms with E-state index in [1.165, 1.54) is 18.2 Å². The van der Waals surface area contributed by atoms with E-state index in [2.05, 4.69) is 10.9 Å². The number of fused-ring (bicyclic) bond motifs is 1. The molecular formula is C19H12ClN3O5. The summed E-state index contributed by atoms with van der Waals surface area (Å²) in [4.78, 5) is 36.0. The van der Waals surface area contributed by atoms with E-state index >= 15 is 0 Å². The molecule has 2 N–H and O–H groups in total. The number of hydrogen-bond donors (Lipinski definition) is 2. The molecule has 0 saturated carbocycles. The van der Waals surface area contributed by atoms with Crippen molar-refractivity contribution in [3.63, 3.8) is 0 Å². The van der Waals surface area contributed by atoms with Crippen LogP contribution in [0.5, 0.6) is 5.75 Å². The van der Waals surface area contributed by atoms with Gasteiger partial charge in [0.15, 0.2) is 17.8 Å². The van der Waals surface area contributed by atoms with Gasteiger partial charge in [0, 0.05) is 11.1 Å². The van der Waals surface area contributed by atoms with Crippen molar-refractivity contribution < 1.29 is 18.7 Å². The van der Waals surface area contributed by atoms with Crippen LogP contribution in [-0.2, 0) is 4.79 Å². The number of para-hydroxylation sites is 1. The lowest BCUT2D eigenvalue weighted by molar-refractivity contribution is -0.123. The first-order valence-electron chi connectivity index (χ1n) is 7.92. The Bertz CT molecular complexity index is 1170. The zero-order valence-corrected chi connectivity index (χ0v) is 14.9. The molecule has 0 aliphatic rings. The Morgan fingerprint density at radius 1 is 1.14 bits per heavy atom. The molecule has 28 heavy (non-hydrogen) atoms. The quantitative estimate of drug-likeness (QED) is 0.650. The molecule has 0 aliphatic heterocycles. The van der Waals surface area contributed by atoms with E-state index in [-0.39, 0.29) is 28.0 Å². The molecule has 0 atom stereocenters. The van der Waals surface area contributed by atoms with Crippen LogP contribution in [0.2, 0.25) is 5.02 Å². The van der Waals surface area contributed by atoms with Gasteiger partial charge >= 0.3 is 5.91 Å². The highest BCUT2D eigenvalue weighted by molar-refractivity contribution is 6.31. The van der Waals surface area contributed by atoms with Crippen LogP contribution >= 0.6 is 11.6 Å². The van der Waals surface area contributed by atoms with Gasteiger partial charge in [-0.3, -0.25) is 25.2 Å². The van der Waals surface area contributed by atoms with E-state index in [0.29, 0.717) is 5.02 Å². The van der Waals surface area contributed by atoms with Crippen LogP contribution < -0.4 is 21.0 Å². The summed E-state index contributed by atoms with van der Waals surface area (Å²) in [6.45, 7) is -0.431. The molecule has 8 nitrogen and oxygen atoms in total. The van der Waals surface area contributed by atoms with E-state index in [9.17, 15) is 14.4 Å². The number of carbonyl (C=O) groups is 2. The van der Waals surface area contributed by atoms with Gasteiger partial charge in [-0.2, -0.15) is 5.26 Å². The van der Waals surface area contributed by atoms with Crippen molar-refractivity contribution in [3.8, 4) is 11.8 Å². The van der Waals surface area contributed by atoms with Gasteiger partial charge in [-0.05, 0) is 30.3 Å². The van der Waals surface area contributed by atoms with Crippen molar-refractivity contribution in [2.24, 2.45) is 0 Å². The molecule has 0 bridgehead atoms. The predicted molar refractivity (Wildman–Crippen MR) is 99.8 cm³/mol. The van der Waals surface area contributed by atoms with Crippen molar-refractivity contribution in [1.82, 2.24) is 10.9 Å². The number of benzene rings is 2. The zero-order valence-electron chi connectivity index (χ0n) is 14.2. The summed E-state index contributed by atoms with van der Waals surface area (Å²) in [7, 11) is 0. The summed E-state index contributed by atoms with van der Waals surface area (Å²) in [5, 5.41) is 9.56. The Hall–Kier alpha value is -3.83. The first-order valence-corrected chi connectivity index (χ1v) is 8.30. The molecule has 3 aromatic rings. The Labute approximate surface area is 163 Å². The fraction of sp³-hybridized carbons (Fsp3) is 0.0526. The van der Waals surface area contributed by atoms with Gasteiger partial charge < -0.3 is 9.15 Å². The number of amides is 2. The lowest BCUT2D eigenvalue weighted by Gasteiger charge is -2.09. The van der Waals surface area contributed by atoms with Crippen LogP contribution in [-0.4, -0.2) is 18.4 Å². The Morgan fingerprint density at radius 2 is 1.93 bits per heavy atom. The third-order valence-electron chi connectivity index (χ3n) is 3.59. The van der Waals surface area contributed by atoms with Gasteiger partial charge in [0.2, 0.25) is 0 Å². The molecule has 0 aliphatic carbocycles. The highest BCUT2D eigenvalue weighted by Gasteiger charge is 2.14. The first-order chi connectivity index (χ1) is 13.5. The van der Waals surface area contributed by atoms with Gasteiger partial charge in [0.05, 0.1) is 10.9 Å². The van der Waals surface area contributed by atoms with Crippen LogP contribution in [0.15, 0.2) is 57.7 Å². The van der Waals surface area contributed by atoms with E-state index in [1.807, 2.05) is 6.07 Å². The number of carbonyl (C=O) groups excluding carboxylic acids is 2. The van der Waals surface area contributed by atoms with Crippen molar-refractivity contribution in [3.05, 3.63) is 75.1 Å². The van der Waals surface area contributed by atoms with E-state index in [1.54, 1.807) is 24.3 Å². The van der Waals surface area contributed by atoms with Crippen LogP contribution in [0.1, 0.15) is 16.1 Å². The molecular weight excluding hydrogens is 386 g/mol. The number of nitrogens with zero attached hydrogens (tertiary/aromatic N) is 1. The SMILES string of the molecule is N#Cc1ccccc1OCC(=O)NNC(=O)c1cc(=O)c2cc(Cl)ccc2o1. The number of hydrazine groups is 1.